The number of para-hydroxylation sites is 1. The summed E-state index contributed by atoms with van der Waals surface area (Å²) >= 11 is 0. The first-order chi connectivity index (χ1) is 11.0. The first-order valence-electron chi connectivity index (χ1n) is 7.28. The molecule has 0 aliphatic heterocycles. The van der Waals surface area contributed by atoms with Crippen LogP contribution in [0.1, 0.15) is 16.8 Å². The Hall–Kier alpha value is -2.83. The number of hydrogen-bond donors (Lipinski definition) is 4. The second-order valence-corrected chi connectivity index (χ2v) is 5.80. The van der Waals surface area contributed by atoms with Crippen LogP contribution in [-0.4, -0.2) is 28.0 Å². The van der Waals surface area contributed by atoms with Crippen molar-refractivity contribution >= 4 is 17.8 Å². The maximum atomic E-state index is 12.3. The third-order valence-corrected chi connectivity index (χ3v) is 4.50. The molecule has 1 saturated carbocycles. The summed E-state index contributed by atoms with van der Waals surface area (Å²) < 4.78 is 0. The molecule has 120 valence electrons. The van der Waals surface area contributed by atoms with Crippen molar-refractivity contribution in [2.45, 2.75) is 6.42 Å². The number of hydrazine groups is 1. The lowest BCUT2D eigenvalue weighted by atomic mass is 9.82. The molecule has 4 atom stereocenters. The number of hydrogen-bond acceptors (Lipinski definition) is 4. The summed E-state index contributed by atoms with van der Waals surface area (Å²) in [6, 6.07) is 5.93. The first kappa shape index (κ1) is 15.1. The molecule has 2 bridgehead atoms. The molecule has 0 radical (unpaired) electrons. The van der Waals surface area contributed by atoms with Gasteiger partial charge in [0, 0.05) is 0 Å². The molecule has 1 aromatic carbocycles. The highest BCUT2D eigenvalue weighted by molar-refractivity contribution is 5.98. The minimum Gasteiger partial charge on any atom is -0.507 e. The first-order valence-corrected chi connectivity index (χ1v) is 7.28. The lowest BCUT2D eigenvalue weighted by Crippen LogP contribution is -2.48. The SMILES string of the molecule is O=C(NNC(=O)[C@@H]1[C@@H](C(=O)O)[C@H]2C=C[C@H]1C2)c1ccccc1O. The largest absolute Gasteiger partial charge is 0.507 e. The number of aromatic hydroxyl groups is 1. The van der Waals surface area contributed by atoms with Gasteiger partial charge in [-0.3, -0.25) is 25.2 Å². The number of amides is 2. The van der Waals surface area contributed by atoms with Crippen LogP contribution in [0.3, 0.4) is 0 Å². The van der Waals surface area contributed by atoms with Crippen LogP contribution in [-0.2, 0) is 9.59 Å². The van der Waals surface area contributed by atoms with Crippen LogP contribution >= 0.6 is 0 Å². The van der Waals surface area contributed by atoms with Gasteiger partial charge in [-0.2, -0.15) is 0 Å². The lowest BCUT2D eigenvalue weighted by molar-refractivity contribution is -0.148. The molecule has 4 N–H and O–H groups in total. The van der Waals surface area contributed by atoms with Gasteiger partial charge in [0.1, 0.15) is 5.75 Å². The van der Waals surface area contributed by atoms with Crippen LogP contribution in [0.4, 0.5) is 0 Å². The lowest BCUT2D eigenvalue weighted by Gasteiger charge is -2.23. The van der Waals surface area contributed by atoms with Gasteiger partial charge in [0.25, 0.3) is 5.91 Å². The summed E-state index contributed by atoms with van der Waals surface area (Å²) in [6.07, 6.45) is 4.34. The number of fused-ring (bicyclic) bond motifs is 2. The van der Waals surface area contributed by atoms with E-state index >= 15 is 0 Å². The van der Waals surface area contributed by atoms with E-state index in [0.29, 0.717) is 6.42 Å². The molecule has 1 fully saturated rings. The maximum Gasteiger partial charge on any atom is 0.307 e. The van der Waals surface area contributed by atoms with E-state index in [4.69, 9.17) is 0 Å². The van der Waals surface area contributed by atoms with Gasteiger partial charge in [-0.1, -0.05) is 24.3 Å². The quantitative estimate of drug-likeness (QED) is 0.483. The zero-order chi connectivity index (χ0) is 16.6. The highest BCUT2D eigenvalue weighted by atomic mass is 16.4. The number of phenols is 1. The van der Waals surface area contributed by atoms with Crippen LogP contribution in [0.5, 0.6) is 5.75 Å². The highest BCUT2D eigenvalue weighted by Gasteiger charge is 2.51. The van der Waals surface area contributed by atoms with E-state index in [9.17, 15) is 24.6 Å². The van der Waals surface area contributed by atoms with Crippen molar-refractivity contribution < 1.29 is 24.6 Å². The van der Waals surface area contributed by atoms with E-state index in [1.165, 1.54) is 12.1 Å². The molecular formula is C16H16N2O5. The summed E-state index contributed by atoms with van der Waals surface area (Å²) in [4.78, 5) is 35.6. The molecule has 0 spiro atoms. The topological polar surface area (TPSA) is 116 Å². The minimum atomic E-state index is -1.01. The molecule has 0 aromatic heterocycles. The predicted octanol–water partition coefficient (Wildman–Crippen LogP) is 0.676. The fraction of sp³-hybridized carbons (Fsp3) is 0.312. The predicted molar refractivity (Wildman–Crippen MR) is 79.1 cm³/mol. The number of rotatable bonds is 3. The Balaban J connectivity index is 1.66. The Bertz CT molecular complexity index is 699. The van der Waals surface area contributed by atoms with E-state index in [1.54, 1.807) is 12.1 Å². The zero-order valence-corrected chi connectivity index (χ0v) is 12.1. The van der Waals surface area contributed by atoms with E-state index in [-0.39, 0.29) is 23.1 Å². The van der Waals surface area contributed by atoms with Crippen molar-refractivity contribution in [2.24, 2.45) is 23.7 Å². The Kier molecular flexibility index (Phi) is 3.77. The van der Waals surface area contributed by atoms with Gasteiger partial charge in [-0.25, -0.2) is 0 Å². The monoisotopic (exact) mass is 316 g/mol. The number of carbonyl (C=O) groups is 3. The van der Waals surface area contributed by atoms with Crippen LogP contribution < -0.4 is 10.9 Å². The third-order valence-electron chi connectivity index (χ3n) is 4.50. The molecule has 2 amide bonds. The number of benzene rings is 1. The summed E-state index contributed by atoms with van der Waals surface area (Å²) in [5, 5.41) is 18.9. The summed E-state index contributed by atoms with van der Waals surface area (Å²) in [7, 11) is 0. The van der Waals surface area contributed by atoms with Crippen molar-refractivity contribution in [2.75, 3.05) is 0 Å². The molecule has 23 heavy (non-hydrogen) atoms. The Morgan fingerprint density at radius 2 is 1.65 bits per heavy atom. The zero-order valence-electron chi connectivity index (χ0n) is 12.1. The smallest absolute Gasteiger partial charge is 0.307 e. The number of carboxylic acid groups (broad SMARTS) is 1. The number of nitrogens with one attached hydrogen (secondary N) is 2. The summed E-state index contributed by atoms with van der Waals surface area (Å²) in [5.41, 5.74) is 4.52. The molecule has 2 aliphatic rings. The van der Waals surface area contributed by atoms with Crippen molar-refractivity contribution in [3.63, 3.8) is 0 Å². The van der Waals surface area contributed by atoms with Gasteiger partial charge in [0.05, 0.1) is 17.4 Å². The van der Waals surface area contributed by atoms with Crippen molar-refractivity contribution in [1.29, 1.82) is 0 Å². The van der Waals surface area contributed by atoms with Crippen molar-refractivity contribution in [3.8, 4) is 5.75 Å². The molecule has 2 aliphatic carbocycles. The van der Waals surface area contributed by atoms with Crippen molar-refractivity contribution in [3.05, 3.63) is 42.0 Å². The minimum absolute atomic E-state index is 0.0235. The molecule has 3 rings (SSSR count). The Morgan fingerprint density at radius 3 is 2.30 bits per heavy atom. The molecule has 0 unspecified atom stereocenters. The maximum absolute atomic E-state index is 12.3. The molecule has 1 aromatic rings. The number of carbonyl (C=O) groups excluding carboxylic acids is 2. The van der Waals surface area contributed by atoms with Gasteiger partial charge in [-0.15, -0.1) is 0 Å². The van der Waals surface area contributed by atoms with E-state index in [2.05, 4.69) is 10.9 Å². The van der Waals surface area contributed by atoms with Crippen LogP contribution in [0, 0.1) is 23.7 Å². The van der Waals surface area contributed by atoms with Crippen LogP contribution in [0.2, 0.25) is 0 Å². The fourth-order valence-electron chi connectivity index (χ4n) is 3.45. The number of phenolic OH excluding ortho intramolecular Hbond substituents is 1. The number of allylic oxidation sites excluding steroid dienone is 2. The van der Waals surface area contributed by atoms with Gasteiger partial charge < -0.3 is 10.2 Å². The van der Waals surface area contributed by atoms with Gasteiger partial charge >= 0.3 is 5.97 Å². The van der Waals surface area contributed by atoms with E-state index in [0.717, 1.165) is 0 Å². The Morgan fingerprint density at radius 1 is 1.00 bits per heavy atom. The molecule has 0 saturated heterocycles. The summed E-state index contributed by atoms with van der Waals surface area (Å²) in [5.74, 6) is -4.14. The van der Waals surface area contributed by atoms with Gasteiger partial charge in [-0.05, 0) is 30.4 Å². The highest BCUT2D eigenvalue weighted by Crippen LogP contribution is 2.48. The van der Waals surface area contributed by atoms with Crippen LogP contribution in [0.25, 0.3) is 0 Å². The fourth-order valence-corrected chi connectivity index (χ4v) is 3.45. The van der Waals surface area contributed by atoms with Crippen molar-refractivity contribution in [1.82, 2.24) is 10.9 Å². The molecule has 0 heterocycles. The third kappa shape index (κ3) is 2.65. The number of carboxylic acids is 1. The second-order valence-electron chi connectivity index (χ2n) is 5.80. The summed E-state index contributed by atoms with van der Waals surface area (Å²) in [6.45, 7) is 0. The molecular weight excluding hydrogens is 300 g/mol. The van der Waals surface area contributed by atoms with E-state index < -0.39 is 29.6 Å². The number of aliphatic carboxylic acids is 1. The van der Waals surface area contributed by atoms with Crippen LogP contribution in [0.15, 0.2) is 36.4 Å². The average molecular weight is 316 g/mol. The molecule has 7 heteroatoms. The normalized spacial score (nSPS) is 27.7. The van der Waals surface area contributed by atoms with E-state index in [1.807, 2.05) is 12.2 Å². The van der Waals surface area contributed by atoms with Gasteiger partial charge in [0.15, 0.2) is 0 Å². The van der Waals surface area contributed by atoms with Gasteiger partial charge in [0.2, 0.25) is 5.91 Å². The molecule has 7 nitrogen and oxygen atoms in total. The standard InChI is InChI=1S/C16H16N2O5/c19-11-4-2-1-3-10(11)14(20)17-18-15(21)12-8-5-6-9(7-8)13(12)16(22)23/h1-6,8-9,12-13,19H,7H2,(H,17,20)(H,18,21)(H,22,23)/t8-,9-,12-,13-/m0/s1. The average Bonchev–Trinajstić information content (AvgIpc) is 3.13. The second kappa shape index (κ2) is 5.75. The Labute approximate surface area is 132 Å².